The number of aromatic nitrogens is 4. The number of alkyl carbamates (subject to hydrolysis) is 1. The molecule has 5 aromatic carbocycles. The predicted molar refractivity (Wildman–Crippen MR) is 354 cm³/mol. The fourth-order valence-corrected chi connectivity index (χ4v) is 15.6. The number of imide groups is 1. The summed E-state index contributed by atoms with van der Waals surface area (Å²) in [6.45, 7) is 5.64. The second-order valence-electron chi connectivity index (χ2n) is 24.9. The Kier molecular flexibility index (Phi) is 18.4. The third-order valence-electron chi connectivity index (χ3n) is 18.5. The molecule has 3 aromatic heterocycles. The van der Waals surface area contributed by atoms with Gasteiger partial charge in [0.1, 0.15) is 17.9 Å². The van der Waals surface area contributed by atoms with Gasteiger partial charge in [-0.25, -0.2) is 28.7 Å². The van der Waals surface area contributed by atoms with Gasteiger partial charge in [0.2, 0.25) is 11.9 Å². The summed E-state index contributed by atoms with van der Waals surface area (Å²) < 4.78 is 63.3. The molecule has 0 spiro atoms. The summed E-state index contributed by atoms with van der Waals surface area (Å²) in [7, 11) is -7.76. The van der Waals surface area contributed by atoms with Gasteiger partial charge in [-0.15, -0.1) is 0 Å². The highest BCUT2D eigenvalue weighted by Gasteiger charge is 2.48. The summed E-state index contributed by atoms with van der Waals surface area (Å²) in [5.74, 6) is 0.292. The summed E-state index contributed by atoms with van der Waals surface area (Å²) in [6, 6.07) is 36.5. The second-order valence-corrected chi connectivity index (χ2v) is 27.9. The number of nitrogens with one attached hydrogen (secondary N) is 3. The number of fused-ring (bicyclic) bond motifs is 5. The number of H-pyrrole nitrogens is 1. The van der Waals surface area contributed by atoms with Crippen molar-refractivity contribution < 1.29 is 65.7 Å². The van der Waals surface area contributed by atoms with Crippen molar-refractivity contribution in [2.24, 2.45) is 13.0 Å². The van der Waals surface area contributed by atoms with E-state index in [4.69, 9.17) is 37.5 Å². The number of amides is 5. The van der Waals surface area contributed by atoms with Crippen molar-refractivity contribution in [3.05, 3.63) is 172 Å². The molecule has 4 fully saturated rings. The van der Waals surface area contributed by atoms with E-state index < -0.39 is 46.6 Å². The van der Waals surface area contributed by atoms with Crippen LogP contribution in [0.2, 0.25) is 0 Å². The molecule has 3 unspecified atom stereocenters. The average molecular weight is 1330 g/mol. The highest BCUT2D eigenvalue weighted by Crippen LogP contribution is 2.61. The van der Waals surface area contributed by atoms with Crippen molar-refractivity contribution in [3.63, 3.8) is 0 Å². The van der Waals surface area contributed by atoms with Gasteiger partial charge in [0, 0.05) is 112 Å². The molecule has 25 nitrogen and oxygen atoms in total. The van der Waals surface area contributed by atoms with E-state index in [9.17, 15) is 42.9 Å². The molecule has 6 heterocycles. The van der Waals surface area contributed by atoms with Crippen LogP contribution >= 0.6 is 15.6 Å². The minimum atomic E-state index is -5.54. The Morgan fingerprint density at radius 1 is 0.779 bits per heavy atom. The van der Waals surface area contributed by atoms with Crippen molar-refractivity contribution >= 4 is 73.0 Å². The van der Waals surface area contributed by atoms with Crippen LogP contribution in [0, 0.1) is 5.92 Å². The Morgan fingerprint density at radius 2 is 1.49 bits per heavy atom. The van der Waals surface area contributed by atoms with Gasteiger partial charge in [0.25, 0.3) is 11.5 Å². The first-order chi connectivity index (χ1) is 45.7. The molecule has 3 saturated heterocycles. The van der Waals surface area contributed by atoms with Crippen molar-refractivity contribution in [2.45, 2.75) is 75.7 Å². The van der Waals surface area contributed by atoms with Crippen LogP contribution in [0.3, 0.4) is 0 Å². The number of piperidine rings is 1. The Morgan fingerprint density at radius 3 is 2.21 bits per heavy atom. The number of hydrogen-bond donors (Lipinski definition) is 5. The van der Waals surface area contributed by atoms with Crippen molar-refractivity contribution in [1.29, 1.82) is 0 Å². The molecule has 0 bridgehead atoms. The van der Waals surface area contributed by atoms with Crippen LogP contribution in [0.1, 0.15) is 84.6 Å². The number of methoxy groups -OCH3 is 1. The Bertz CT molecular complexity index is 4380. The summed E-state index contributed by atoms with van der Waals surface area (Å²) >= 11 is 0. The van der Waals surface area contributed by atoms with E-state index in [1.54, 1.807) is 61.9 Å². The van der Waals surface area contributed by atoms with Crippen molar-refractivity contribution in [2.75, 3.05) is 82.5 Å². The molecule has 3 aliphatic heterocycles. The molecule has 0 radical (unpaired) electrons. The van der Waals surface area contributed by atoms with Gasteiger partial charge < -0.3 is 48.7 Å². The minimum Gasteiger partial charge on any atom is -0.495 e. The minimum absolute atomic E-state index is 0.0117. The molecule has 5 aliphatic rings. The number of pyridine rings is 1. The molecule has 496 valence electrons. The summed E-state index contributed by atoms with van der Waals surface area (Å²) in [5, 5.41) is 6.00. The van der Waals surface area contributed by atoms with Gasteiger partial charge in [-0.3, -0.25) is 38.5 Å². The lowest BCUT2D eigenvalue weighted by Gasteiger charge is -2.46. The Balaban J connectivity index is 0.726. The summed E-state index contributed by atoms with van der Waals surface area (Å²) in [5.41, 5.74) is 6.02. The number of anilines is 2. The van der Waals surface area contributed by atoms with Gasteiger partial charge in [-0.05, 0) is 115 Å². The van der Waals surface area contributed by atoms with E-state index in [1.165, 1.54) is 16.6 Å². The second kappa shape index (κ2) is 26.9. The van der Waals surface area contributed by atoms with Crippen LogP contribution in [0.5, 0.6) is 5.75 Å². The number of benzene rings is 5. The monoisotopic (exact) mass is 1330 g/mol. The van der Waals surface area contributed by atoms with E-state index in [2.05, 4.69) is 32.3 Å². The van der Waals surface area contributed by atoms with E-state index in [0.29, 0.717) is 94.9 Å². The number of nitrogens with zero attached hydrogens (tertiary/aromatic N) is 7. The van der Waals surface area contributed by atoms with Crippen LogP contribution in [0.4, 0.5) is 21.2 Å². The number of aryl methyl sites for hydroxylation is 1. The normalized spacial score (nSPS) is 19.8. The molecule has 8 aromatic rings. The van der Waals surface area contributed by atoms with Crippen LogP contribution in [-0.4, -0.2) is 154 Å². The standard InChI is InChI=1S/C68H74N10O15P2/c1-42-37-78(63(80)46-19-23-59(88-4)58(35-46)77-32-27-60(79)72-66(77)82)43(2)36-76(42)38-44-25-30-75(31-26-44)65-71-57-22-18-45(55-39-74(3)64(81)61-53(55)24-28-69-61)34-54(57)62(73-65)68(92-48-20-21-48,47-12-6-5-7-13-47)41-91-95(86,87)93-94(84,85)90-33-29-70-67(83)89-40-56-51-16-10-8-14-49(51)50-15-9-11-17-52(50)56/h5-19,22-24,28,34-35,39,42-44,48,56,69H,20-21,25-27,29-33,36-38,40-41H2,1-4H3,(H,70,83)(H,84,85)(H,86,87)(H,72,79,82)/t42-,43+,68?/m0/s1. The molecule has 5 amide bonds. The van der Waals surface area contributed by atoms with Gasteiger partial charge in [0.05, 0.1) is 43.3 Å². The Hall–Kier alpha value is -8.61. The topological polar surface area (TPSA) is 299 Å². The molecular formula is C68H74N10O15P2. The lowest BCUT2D eigenvalue weighted by atomic mass is 9.87. The van der Waals surface area contributed by atoms with Gasteiger partial charge in [-0.2, -0.15) is 4.31 Å². The maximum absolute atomic E-state index is 14.3. The zero-order valence-electron chi connectivity index (χ0n) is 52.9. The number of urea groups is 1. The molecular weight excluding hydrogens is 1260 g/mol. The Labute approximate surface area is 547 Å². The lowest BCUT2D eigenvalue weighted by Crippen LogP contribution is -2.59. The zero-order chi connectivity index (χ0) is 66.3. The number of aromatic amines is 1. The highest BCUT2D eigenvalue weighted by molar-refractivity contribution is 7.61. The third kappa shape index (κ3) is 13.7. The smallest absolute Gasteiger partial charge is 0.481 e. The summed E-state index contributed by atoms with van der Waals surface area (Å²) in [4.78, 5) is 109. The van der Waals surface area contributed by atoms with E-state index in [1.807, 2.05) is 90.7 Å². The first-order valence-corrected chi connectivity index (χ1v) is 34.8. The fourth-order valence-electron chi connectivity index (χ4n) is 13.5. The molecule has 5 N–H and O–H groups in total. The molecule has 27 heteroatoms. The maximum atomic E-state index is 14.3. The van der Waals surface area contributed by atoms with E-state index in [0.717, 1.165) is 47.2 Å². The van der Waals surface area contributed by atoms with Crippen LogP contribution in [0.25, 0.3) is 44.1 Å². The highest BCUT2D eigenvalue weighted by atomic mass is 31.3. The van der Waals surface area contributed by atoms with Gasteiger partial charge in [0.15, 0.2) is 5.60 Å². The van der Waals surface area contributed by atoms with Crippen molar-refractivity contribution in [3.8, 4) is 28.0 Å². The van der Waals surface area contributed by atoms with Crippen molar-refractivity contribution in [1.82, 2.24) is 40.0 Å². The quantitative estimate of drug-likeness (QED) is 0.0311. The molecule has 95 heavy (non-hydrogen) atoms. The number of phosphoric acid groups is 2. The van der Waals surface area contributed by atoms with Crippen LogP contribution in [0.15, 0.2) is 139 Å². The molecule has 5 atom stereocenters. The SMILES string of the molecule is COc1ccc(C(=O)N2C[C@H](C)N(CC3CCN(c4nc(C(COP(=O)(O)OP(=O)(O)OCCNC(=O)OCC5c6ccccc6-c6ccccc65)(OC5CC5)c5ccccc5)c5cc(-c6cn(C)c(=O)c7[nH]ccc67)ccc5n4)CC3)C[C@H]2C)cc1N1CCC(=O)NC1=O. The number of rotatable bonds is 22. The molecule has 1 saturated carbocycles. The van der Waals surface area contributed by atoms with Crippen LogP contribution in [-0.2, 0) is 49.4 Å². The largest absolute Gasteiger partial charge is 0.495 e. The van der Waals surface area contributed by atoms with Gasteiger partial charge >= 0.3 is 27.8 Å². The molecule has 13 rings (SSSR count). The van der Waals surface area contributed by atoms with Gasteiger partial charge in [-0.1, -0.05) is 84.9 Å². The first-order valence-electron chi connectivity index (χ1n) is 31.8. The molecule has 2 aliphatic carbocycles. The maximum Gasteiger partial charge on any atom is 0.481 e. The lowest BCUT2D eigenvalue weighted by molar-refractivity contribution is -0.120. The number of ether oxygens (including phenoxy) is 3. The number of carbonyl (C=O) groups is 4. The first kappa shape index (κ1) is 65.1. The van der Waals surface area contributed by atoms with Crippen LogP contribution < -0.4 is 30.7 Å². The average Bonchev–Trinajstić information content (AvgIpc) is 1.53. The number of piperazine rings is 1. The number of hydrogen-bond acceptors (Lipinski definition) is 17. The third-order valence-corrected chi connectivity index (χ3v) is 21.2. The summed E-state index contributed by atoms with van der Waals surface area (Å²) in [6.07, 6.45) is 5.22. The van der Waals surface area contributed by atoms with E-state index in [-0.39, 0.29) is 79.2 Å². The fraction of sp³-hybridized carbons (Fsp3) is 0.368. The number of phosphoric ester groups is 2. The number of carbonyl (C=O) groups excluding carboxylic acids is 4. The van der Waals surface area contributed by atoms with E-state index >= 15 is 0 Å². The predicted octanol–water partition coefficient (Wildman–Crippen LogP) is 9.60. The zero-order valence-corrected chi connectivity index (χ0v) is 54.7.